The van der Waals surface area contributed by atoms with E-state index in [-0.39, 0.29) is 11.7 Å². The van der Waals surface area contributed by atoms with Gasteiger partial charge in [-0.1, -0.05) is 11.8 Å². The van der Waals surface area contributed by atoms with Gasteiger partial charge in [-0.25, -0.2) is 0 Å². The zero-order valence-electron chi connectivity index (χ0n) is 15.6. The van der Waals surface area contributed by atoms with E-state index in [9.17, 15) is 24.0 Å². The minimum Gasteiger partial charge on any atom is -0.463 e. The molecule has 0 aliphatic carbocycles. The quantitative estimate of drug-likeness (QED) is 0.447. The number of carbonyl (C=O) groups is 5. The molecular weight excluding hydrogens is 384 g/mol. The molecule has 1 fully saturated rings. The predicted octanol–water partition coefficient (Wildman–Crippen LogP) is 0.349. The average molecular weight is 406 g/mol. The Balaban J connectivity index is 3.29. The summed E-state index contributed by atoms with van der Waals surface area (Å²) < 4.78 is 26.2. The second-order valence-corrected chi connectivity index (χ2v) is 6.95. The van der Waals surface area contributed by atoms with E-state index in [1.54, 1.807) is 0 Å². The van der Waals surface area contributed by atoms with E-state index in [2.05, 4.69) is 0 Å². The van der Waals surface area contributed by atoms with Gasteiger partial charge in [-0.2, -0.15) is 0 Å². The Morgan fingerprint density at radius 1 is 0.741 bits per heavy atom. The van der Waals surface area contributed by atoms with Gasteiger partial charge in [0.15, 0.2) is 28.9 Å². The van der Waals surface area contributed by atoms with Gasteiger partial charge in [-0.3, -0.25) is 24.0 Å². The van der Waals surface area contributed by atoms with Crippen LogP contribution in [0.3, 0.4) is 0 Å². The van der Waals surface area contributed by atoms with Crippen LogP contribution in [-0.4, -0.2) is 65.5 Å². The summed E-state index contributed by atoms with van der Waals surface area (Å²) in [5.74, 6) is -2.76. The number of ether oxygens (including phenoxy) is 5. The highest BCUT2D eigenvalue weighted by Crippen LogP contribution is 2.34. The van der Waals surface area contributed by atoms with Crippen molar-refractivity contribution in [3.05, 3.63) is 0 Å². The summed E-state index contributed by atoms with van der Waals surface area (Å²) in [5, 5.41) is -0.351. The van der Waals surface area contributed by atoms with Gasteiger partial charge < -0.3 is 23.7 Å². The van der Waals surface area contributed by atoms with Crippen molar-refractivity contribution in [2.75, 3.05) is 6.61 Å². The lowest BCUT2D eigenvalue weighted by Crippen LogP contribution is -2.61. The van der Waals surface area contributed by atoms with Gasteiger partial charge in [0.05, 0.1) is 0 Å². The van der Waals surface area contributed by atoms with Gasteiger partial charge in [0.1, 0.15) is 12.7 Å². The molecule has 0 unspecified atom stereocenters. The van der Waals surface area contributed by atoms with Crippen molar-refractivity contribution in [3.8, 4) is 0 Å². The van der Waals surface area contributed by atoms with Crippen LogP contribution in [0, 0.1) is 0 Å². The molecule has 1 saturated heterocycles. The Labute approximate surface area is 160 Å². The zero-order chi connectivity index (χ0) is 20.7. The van der Waals surface area contributed by atoms with Crippen LogP contribution in [0.15, 0.2) is 0 Å². The highest BCUT2D eigenvalue weighted by atomic mass is 32.2. The van der Waals surface area contributed by atoms with Gasteiger partial charge in [-0.05, 0) is 0 Å². The molecule has 0 aromatic rings. The van der Waals surface area contributed by atoms with E-state index >= 15 is 0 Å². The molecule has 0 amide bonds. The number of hydrogen-bond acceptors (Lipinski definition) is 11. The van der Waals surface area contributed by atoms with Gasteiger partial charge in [0.2, 0.25) is 0 Å². The average Bonchev–Trinajstić information content (AvgIpc) is 2.49. The third-order valence-electron chi connectivity index (χ3n) is 3.23. The number of hydrogen-bond donors (Lipinski definition) is 0. The molecule has 0 saturated carbocycles. The van der Waals surface area contributed by atoms with Crippen molar-refractivity contribution < 1.29 is 47.7 Å². The summed E-state index contributed by atoms with van der Waals surface area (Å²) in [6.07, 6.45) is -4.76. The first-order chi connectivity index (χ1) is 12.5. The molecule has 10 nitrogen and oxygen atoms in total. The van der Waals surface area contributed by atoms with Gasteiger partial charge >= 0.3 is 23.9 Å². The number of rotatable bonds is 6. The second-order valence-electron chi connectivity index (χ2n) is 5.68. The molecule has 0 aromatic heterocycles. The van der Waals surface area contributed by atoms with Crippen molar-refractivity contribution in [2.45, 2.75) is 64.5 Å². The summed E-state index contributed by atoms with van der Waals surface area (Å²) in [6.45, 7) is 5.51. The van der Waals surface area contributed by atoms with Gasteiger partial charge in [0.25, 0.3) is 0 Å². The fourth-order valence-corrected chi connectivity index (χ4v) is 3.32. The van der Waals surface area contributed by atoms with Crippen LogP contribution in [0.1, 0.15) is 34.6 Å². The molecule has 1 rings (SSSR count). The third kappa shape index (κ3) is 7.55. The highest BCUT2D eigenvalue weighted by Gasteiger charge is 2.52. The second kappa shape index (κ2) is 10.3. The third-order valence-corrected chi connectivity index (χ3v) is 4.17. The molecule has 152 valence electrons. The first-order valence-corrected chi connectivity index (χ1v) is 8.87. The van der Waals surface area contributed by atoms with E-state index < -0.39 is 53.7 Å². The van der Waals surface area contributed by atoms with Crippen molar-refractivity contribution in [1.29, 1.82) is 0 Å². The lowest BCUT2D eigenvalue weighted by molar-refractivity contribution is -0.237. The zero-order valence-corrected chi connectivity index (χ0v) is 16.4. The molecule has 0 radical (unpaired) electrons. The molecular formula is C16H22O10S. The monoisotopic (exact) mass is 406 g/mol. The van der Waals surface area contributed by atoms with Crippen molar-refractivity contribution in [2.24, 2.45) is 0 Å². The molecule has 1 aliphatic rings. The lowest BCUT2D eigenvalue weighted by Gasteiger charge is -2.43. The minimum absolute atomic E-state index is 0.327. The maximum atomic E-state index is 11.6. The van der Waals surface area contributed by atoms with Crippen LogP contribution in [0.4, 0.5) is 0 Å². The van der Waals surface area contributed by atoms with Crippen LogP contribution in [0.2, 0.25) is 0 Å². The Morgan fingerprint density at radius 3 is 1.67 bits per heavy atom. The lowest BCUT2D eigenvalue weighted by atomic mass is 9.99. The maximum Gasteiger partial charge on any atom is 0.303 e. The first-order valence-electron chi connectivity index (χ1n) is 7.99. The van der Waals surface area contributed by atoms with Crippen LogP contribution in [-0.2, 0) is 47.7 Å². The molecule has 11 heteroatoms. The standard InChI is InChI=1S/C16H22O10S/c1-7(17)22-6-12-13(23-8(2)18)14(24-9(3)19)15(25-10(4)20)16(26-12)27-11(5)21/h12-16H,6H2,1-5H3/t12-,13-,14-,15-,16+/m1/s1. The topological polar surface area (TPSA) is 132 Å². The van der Waals surface area contributed by atoms with E-state index in [1.165, 1.54) is 13.8 Å². The molecule has 0 N–H and O–H groups in total. The van der Waals surface area contributed by atoms with Crippen LogP contribution in [0.25, 0.3) is 0 Å². The van der Waals surface area contributed by atoms with Gasteiger partial charge in [0, 0.05) is 34.6 Å². The fourth-order valence-electron chi connectivity index (χ4n) is 2.45. The minimum atomic E-state index is -1.26. The maximum absolute atomic E-state index is 11.6. The molecule has 0 spiro atoms. The SMILES string of the molecule is CC(=O)OC[C@H]1O[C@@H](SC(C)=O)[C@H](OC(C)=O)[C@H](OC(C)=O)[C@@H]1OC(C)=O. The van der Waals surface area contributed by atoms with Gasteiger partial charge in [-0.15, -0.1) is 0 Å². The normalized spacial score (nSPS) is 27.2. The summed E-state index contributed by atoms with van der Waals surface area (Å²) >= 11 is 0.705. The Morgan fingerprint density at radius 2 is 1.22 bits per heavy atom. The molecule has 0 aromatic carbocycles. The van der Waals surface area contributed by atoms with Crippen molar-refractivity contribution in [1.82, 2.24) is 0 Å². The smallest absolute Gasteiger partial charge is 0.303 e. The molecule has 1 aliphatic heterocycles. The molecule has 0 bridgehead atoms. The summed E-state index contributed by atoms with van der Waals surface area (Å²) in [6, 6.07) is 0. The number of thioether (sulfide) groups is 1. The van der Waals surface area contributed by atoms with Crippen molar-refractivity contribution in [3.63, 3.8) is 0 Å². The van der Waals surface area contributed by atoms with Crippen molar-refractivity contribution >= 4 is 40.8 Å². The van der Waals surface area contributed by atoms with E-state index in [4.69, 9.17) is 23.7 Å². The predicted molar refractivity (Wildman–Crippen MR) is 90.2 cm³/mol. The van der Waals surface area contributed by atoms with Crippen LogP contribution in [0.5, 0.6) is 0 Å². The van der Waals surface area contributed by atoms with Crippen LogP contribution >= 0.6 is 11.8 Å². The number of esters is 4. The number of carbonyl (C=O) groups excluding carboxylic acids is 5. The largest absolute Gasteiger partial charge is 0.463 e. The summed E-state index contributed by atoms with van der Waals surface area (Å²) in [5.41, 5.74) is -1.07. The Hall–Kier alpha value is -2.14. The Kier molecular flexibility index (Phi) is 8.70. The highest BCUT2D eigenvalue weighted by molar-refractivity contribution is 8.14. The van der Waals surface area contributed by atoms with E-state index in [1.807, 2.05) is 0 Å². The molecule has 1 heterocycles. The van der Waals surface area contributed by atoms with Crippen LogP contribution < -0.4 is 0 Å². The van der Waals surface area contributed by atoms with E-state index in [0.29, 0.717) is 11.8 Å². The summed E-state index contributed by atoms with van der Waals surface area (Å²) in [7, 11) is 0. The molecule has 5 atom stereocenters. The van der Waals surface area contributed by atoms with E-state index in [0.717, 1.165) is 20.8 Å². The fraction of sp³-hybridized carbons (Fsp3) is 0.688. The summed E-state index contributed by atoms with van der Waals surface area (Å²) in [4.78, 5) is 57.3. The first kappa shape index (κ1) is 22.9. The molecule has 27 heavy (non-hydrogen) atoms. The Bertz CT molecular complexity index is 604.